The minimum absolute atomic E-state index is 0.0780. The van der Waals surface area contributed by atoms with Crippen LogP contribution < -0.4 is 5.32 Å². The summed E-state index contributed by atoms with van der Waals surface area (Å²) in [5.41, 5.74) is 0. The number of amides is 2. The standard InChI is InChI=1S/C12H20F3N3O3/c1-2-16-10(19)7-17-3-5-18(6-4-17)11(20)8-21-9-12(13,14)15/h2-9H2,1H3,(H,16,19). The van der Waals surface area contributed by atoms with Crippen LogP contribution in [0.2, 0.25) is 0 Å². The number of carbonyl (C=O) groups excluding carboxylic acids is 2. The normalized spacial score (nSPS) is 16.9. The van der Waals surface area contributed by atoms with Crippen molar-refractivity contribution < 1.29 is 27.5 Å². The molecule has 9 heteroatoms. The van der Waals surface area contributed by atoms with E-state index in [2.05, 4.69) is 10.1 Å². The third-order valence-electron chi connectivity index (χ3n) is 2.96. The molecular weight excluding hydrogens is 291 g/mol. The van der Waals surface area contributed by atoms with Gasteiger partial charge in [0.05, 0.1) is 6.54 Å². The highest BCUT2D eigenvalue weighted by Crippen LogP contribution is 2.14. The summed E-state index contributed by atoms with van der Waals surface area (Å²) in [5, 5.41) is 2.68. The summed E-state index contributed by atoms with van der Waals surface area (Å²) in [7, 11) is 0. The van der Waals surface area contributed by atoms with Gasteiger partial charge in [-0.2, -0.15) is 13.2 Å². The molecule has 0 aliphatic carbocycles. The number of hydrogen-bond acceptors (Lipinski definition) is 4. The van der Waals surface area contributed by atoms with Gasteiger partial charge in [-0.25, -0.2) is 0 Å². The number of nitrogens with zero attached hydrogens (tertiary/aromatic N) is 2. The van der Waals surface area contributed by atoms with E-state index in [0.717, 1.165) is 0 Å². The summed E-state index contributed by atoms with van der Waals surface area (Å²) >= 11 is 0. The van der Waals surface area contributed by atoms with Crippen LogP contribution in [0, 0.1) is 0 Å². The first-order chi connectivity index (χ1) is 9.81. The van der Waals surface area contributed by atoms with E-state index in [4.69, 9.17) is 0 Å². The average molecular weight is 311 g/mol. The first-order valence-corrected chi connectivity index (χ1v) is 6.73. The minimum Gasteiger partial charge on any atom is -0.362 e. The summed E-state index contributed by atoms with van der Waals surface area (Å²) in [4.78, 5) is 26.4. The Kier molecular flexibility index (Phi) is 6.90. The number of ether oxygens (including phenoxy) is 1. The first-order valence-electron chi connectivity index (χ1n) is 6.73. The Balaban J connectivity index is 2.23. The Bertz CT molecular complexity index is 355. The molecule has 1 fully saturated rings. The highest BCUT2D eigenvalue weighted by molar-refractivity contribution is 5.78. The quantitative estimate of drug-likeness (QED) is 0.741. The van der Waals surface area contributed by atoms with Crippen molar-refractivity contribution in [1.29, 1.82) is 0 Å². The van der Waals surface area contributed by atoms with Crippen LogP contribution in [-0.2, 0) is 14.3 Å². The highest BCUT2D eigenvalue weighted by atomic mass is 19.4. The van der Waals surface area contributed by atoms with Crippen molar-refractivity contribution in [2.75, 3.05) is 52.5 Å². The van der Waals surface area contributed by atoms with Crippen LogP contribution in [0.25, 0.3) is 0 Å². The summed E-state index contributed by atoms with van der Waals surface area (Å²) < 4.78 is 40.0. The lowest BCUT2D eigenvalue weighted by molar-refractivity contribution is -0.178. The second-order valence-electron chi connectivity index (χ2n) is 4.72. The summed E-state index contributed by atoms with van der Waals surface area (Å²) in [5.74, 6) is -0.539. The van der Waals surface area contributed by atoms with Crippen LogP contribution in [-0.4, -0.2) is 80.3 Å². The molecular formula is C12H20F3N3O3. The molecule has 0 saturated carbocycles. The Morgan fingerprint density at radius 2 is 1.81 bits per heavy atom. The summed E-state index contributed by atoms with van der Waals surface area (Å²) in [6, 6.07) is 0. The second-order valence-corrected chi connectivity index (χ2v) is 4.72. The van der Waals surface area contributed by atoms with Gasteiger partial charge in [-0.1, -0.05) is 0 Å². The van der Waals surface area contributed by atoms with E-state index in [1.807, 2.05) is 11.8 Å². The molecule has 2 amide bonds. The average Bonchev–Trinajstić information content (AvgIpc) is 2.38. The molecule has 0 aromatic carbocycles. The lowest BCUT2D eigenvalue weighted by Gasteiger charge is -2.34. The van der Waals surface area contributed by atoms with Crippen molar-refractivity contribution in [2.45, 2.75) is 13.1 Å². The molecule has 1 N–H and O–H groups in total. The van der Waals surface area contributed by atoms with E-state index in [1.54, 1.807) is 0 Å². The van der Waals surface area contributed by atoms with E-state index >= 15 is 0 Å². The van der Waals surface area contributed by atoms with Gasteiger partial charge in [0, 0.05) is 32.7 Å². The van der Waals surface area contributed by atoms with Gasteiger partial charge >= 0.3 is 6.18 Å². The number of halogens is 3. The van der Waals surface area contributed by atoms with Gasteiger partial charge in [-0.3, -0.25) is 14.5 Å². The Labute approximate surface area is 121 Å². The predicted octanol–water partition coefficient (Wildman–Crippen LogP) is -0.154. The van der Waals surface area contributed by atoms with Gasteiger partial charge < -0.3 is 15.0 Å². The van der Waals surface area contributed by atoms with Crippen molar-refractivity contribution in [2.24, 2.45) is 0 Å². The number of rotatable bonds is 6. The molecule has 21 heavy (non-hydrogen) atoms. The third kappa shape index (κ3) is 7.28. The molecule has 0 bridgehead atoms. The van der Waals surface area contributed by atoms with Crippen molar-refractivity contribution in [3.8, 4) is 0 Å². The minimum atomic E-state index is -4.42. The number of likely N-dealkylation sites (N-methyl/N-ethyl adjacent to an activating group) is 1. The maximum Gasteiger partial charge on any atom is 0.411 e. The van der Waals surface area contributed by atoms with E-state index in [-0.39, 0.29) is 12.5 Å². The van der Waals surface area contributed by atoms with Crippen LogP contribution in [0.1, 0.15) is 6.92 Å². The Morgan fingerprint density at radius 3 is 2.33 bits per heavy atom. The molecule has 0 radical (unpaired) electrons. The molecule has 0 aromatic rings. The van der Waals surface area contributed by atoms with E-state index < -0.39 is 25.3 Å². The molecule has 1 aliphatic rings. The predicted molar refractivity (Wildman–Crippen MR) is 68.6 cm³/mol. The van der Waals surface area contributed by atoms with Crippen molar-refractivity contribution in [3.05, 3.63) is 0 Å². The first kappa shape index (κ1) is 17.7. The number of nitrogens with one attached hydrogen (secondary N) is 1. The van der Waals surface area contributed by atoms with Crippen LogP contribution >= 0.6 is 0 Å². The molecule has 6 nitrogen and oxygen atoms in total. The number of piperazine rings is 1. The van der Waals surface area contributed by atoms with Gasteiger partial charge in [-0.15, -0.1) is 0 Å². The fourth-order valence-electron chi connectivity index (χ4n) is 1.96. The van der Waals surface area contributed by atoms with Gasteiger partial charge in [0.2, 0.25) is 11.8 Å². The van der Waals surface area contributed by atoms with Gasteiger partial charge in [-0.05, 0) is 6.92 Å². The number of alkyl halides is 3. The Hall–Kier alpha value is -1.35. The van der Waals surface area contributed by atoms with Crippen LogP contribution in [0.3, 0.4) is 0 Å². The van der Waals surface area contributed by atoms with Gasteiger partial charge in [0.15, 0.2) is 0 Å². The molecule has 1 aliphatic heterocycles. The van der Waals surface area contributed by atoms with Crippen LogP contribution in [0.5, 0.6) is 0 Å². The zero-order valence-electron chi connectivity index (χ0n) is 11.9. The summed E-state index contributed by atoms with van der Waals surface area (Å²) in [6.07, 6.45) is -4.42. The van der Waals surface area contributed by atoms with E-state index in [0.29, 0.717) is 32.7 Å². The largest absolute Gasteiger partial charge is 0.411 e. The van der Waals surface area contributed by atoms with Crippen molar-refractivity contribution in [3.63, 3.8) is 0 Å². The fourth-order valence-corrected chi connectivity index (χ4v) is 1.96. The monoisotopic (exact) mass is 311 g/mol. The highest BCUT2D eigenvalue weighted by Gasteiger charge is 2.29. The topological polar surface area (TPSA) is 61.9 Å². The van der Waals surface area contributed by atoms with Crippen LogP contribution in [0.15, 0.2) is 0 Å². The maximum atomic E-state index is 11.9. The SMILES string of the molecule is CCNC(=O)CN1CCN(C(=O)COCC(F)(F)F)CC1. The summed E-state index contributed by atoms with van der Waals surface area (Å²) in [6.45, 7) is 2.46. The molecule has 122 valence electrons. The molecule has 1 heterocycles. The zero-order chi connectivity index (χ0) is 15.9. The molecule has 0 spiro atoms. The third-order valence-corrected chi connectivity index (χ3v) is 2.96. The molecule has 0 aromatic heterocycles. The maximum absolute atomic E-state index is 11.9. The van der Waals surface area contributed by atoms with Gasteiger partial charge in [0.1, 0.15) is 13.2 Å². The van der Waals surface area contributed by atoms with Crippen molar-refractivity contribution in [1.82, 2.24) is 15.1 Å². The lowest BCUT2D eigenvalue weighted by atomic mass is 10.3. The molecule has 0 unspecified atom stereocenters. The van der Waals surface area contributed by atoms with E-state index in [1.165, 1.54) is 4.90 Å². The Morgan fingerprint density at radius 1 is 1.19 bits per heavy atom. The van der Waals surface area contributed by atoms with E-state index in [9.17, 15) is 22.8 Å². The van der Waals surface area contributed by atoms with Gasteiger partial charge in [0.25, 0.3) is 0 Å². The van der Waals surface area contributed by atoms with Crippen molar-refractivity contribution >= 4 is 11.8 Å². The number of hydrogen-bond donors (Lipinski definition) is 1. The second kappa shape index (κ2) is 8.18. The lowest BCUT2D eigenvalue weighted by Crippen LogP contribution is -2.51. The smallest absolute Gasteiger partial charge is 0.362 e. The molecule has 0 atom stereocenters. The zero-order valence-corrected chi connectivity index (χ0v) is 11.9. The van der Waals surface area contributed by atoms with Crippen LogP contribution in [0.4, 0.5) is 13.2 Å². The molecule has 1 rings (SSSR count). The molecule has 1 saturated heterocycles. The fraction of sp³-hybridized carbons (Fsp3) is 0.833. The number of carbonyl (C=O) groups is 2.